The van der Waals surface area contributed by atoms with E-state index in [1.54, 1.807) is 43.1 Å². The van der Waals surface area contributed by atoms with E-state index in [-0.39, 0.29) is 23.2 Å². The molecule has 0 spiro atoms. The Balaban J connectivity index is 1.67. The van der Waals surface area contributed by atoms with Crippen molar-refractivity contribution in [2.24, 2.45) is 0 Å². The van der Waals surface area contributed by atoms with Crippen molar-refractivity contribution in [1.82, 2.24) is 9.21 Å². The fourth-order valence-corrected chi connectivity index (χ4v) is 4.70. The molecular formula is C21H26FN3O4S. The van der Waals surface area contributed by atoms with Gasteiger partial charge in [0.1, 0.15) is 5.82 Å². The number of hydrogen-bond acceptors (Lipinski definition) is 5. The first kappa shape index (κ1) is 22.4. The summed E-state index contributed by atoms with van der Waals surface area (Å²) in [6, 6.07) is 10.9. The molecule has 1 N–H and O–H groups in total. The molecule has 0 aliphatic carbocycles. The van der Waals surface area contributed by atoms with Crippen molar-refractivity contribution in [2.45, 2.75) is 18.4 Å². The van der Waals surface area contributed by atoms with Gasteiger partial charge in [-0.2, -0.15) is 4.31 Å². The molecule has 9 heteroatoms. The molecule has 0 bridgehead atoms. The van der Waals surface area contributed by atoms with Gasteiger partial charge in [-0.3, -0.25) is 9.69 Å². The minimum Gasteiger partial charge on any atom is -0.379 e. The van der Waals surface area contributed by atoms with Crippen molar-refractivity contribution in [1.29, 1.82) is 0 Å². The van der Waals surface area contributed by atoms with E-state index in [0.29, 0.717) is 38.5 Å². The quantitative estimate of drug-likeness (QED) is 0.722. The van der Waals surface area contributed by atoms with Crippen LogP contribution in [0.1, 0.15) is 11.1 Å². The first-order valence-electron chi connectivity index (χ1n) is 9.67. The smallest absolute Gasteiger partial charge is 0.243 e. The summed E-state index contributed by atoms with van der Waals surface area (Å²) in [6.07, 6.45) is 0. The predicted molar refractivity (Wildman–Crippen MR) is 112 cm³/mol. The van der Waals surface area contributed by atoms with E-state index in [4.69, 9.17) is 4.74 Å². The Morgan fingerprint density at radius 1 is 1.20 bits per heavy atom. The van der Waals surface area contributed by atoms with E-state index in [1.165, 1.54) is 22.5 Å². The molecule has 0 atom stereocenters. The molecule has 3 rings (SSSR count). The minimum atomic E-state index is -3.65. The van der Waals surface area contributed by atoms with Gasteiger partial charge in [0.25, 0.3) is 0 Å². The number of halogens is 1. The number of carbonyl (C=O) groups excluding carboxylic acids is 1. The Kier molecular flexibility index (Phi) is 7.19. The van der Waals surface area contributed by atoms with Crippen molar-refractivity contribution in [3.63, 3.8) is 0 Å². The van der Waals surface area contributed by atoms with Gasteiger partial charge >= 0.3 is 0 Å². The average molecular weight is 436 g/mol. The van der Waals surface area contributed by atoms with Crippen molar-refractivity contribution in [3.05, 3.63) is 59.4 Å². The third-order valence-electron chi connectivity index (χ3n) is 4.85. The highest BCUT2D eigenvalue weighted by Gasteiger charge is 2.27. The summed E-state index contributed by atoms with van der Waals surface area (Å²) < 4.78 is 45.7. The van der Waals surface area contributed by atoms with Crippen LogP contribution < -0.4 is 5.32 Å². The van der Waals surface area contributed by atoms with Gasteiger partial charge in [0.15, 0.2) is 0 Å². The van der Waals surface area contributed by atoms with Gasteiger partial charge in [0.2, 0.25) is 15.9 Å². The Labute approximate surface area is 176 Å². The summed E-state index contributed by atoms with van der Waals surface area (Å²) in [4.78, 5) is 14.4. The molecule has 1 saturated heterocycles. The standard InChI is InChI=1S/C21H26FN3O4S/c1-16-6-7-19(30(27,28)25-8-10-29-11-9-25)13-20(16)23-21(26)15-24(2)14-17-4-3-5-18(22)12-17/h3-7,12-13H,8-11,14-15H2,1-2H3,(H,23,26). The molecule has 2 aromatic carbocycles. The topological polar surface area (TPSA) is 79.0 Å². The Morgan fingerprint density at radius 3 is 2.63 bits per heavy atom. The summed E-state index contributed by atoms with van der Waals surface area (Å²) >= 11 is 0. The summed E-state index contributed by atoms with van der Waals surface area (Å²) in [5.41, 5.74) is 1.98. The monoisotopic (exact) mass is 435 g/mol. The van der Waals surface area contributed by atoms with E-state index in [9.17, 15) is 17.6 Å². The van der Waals surface area contributed by atoms with Crippen LogP contribution in [-0.4, -0.2) is 63.4 Å². The summed E-state index contributed by atoms with van der Waals surface area (Å²) in [5.74, 6) is -0.600. The molecule has 1 aliphatic heterocycles. The molecule has 30 heavy (non-hydrogen) atoms. The van der Waals surface area contributed by atoms with Crippen molar-refractivity contribution < 1.29 is 22.3 Å². The summed E-state index contributed by atoms with van der Waals surface area (Å²) in [6.45, 7) is 3.65. The number of likely N-dealkylation sites (N-methyl/N-ethyl adjacent to an activating group) is 1. The third kappa shape index (κ3) is 5.63. The lowest BCUT2D eigenvalue weighted by Gasteiger charge is -2.26. The number of morpholine rings is 1. The molecular weight excluding hydrogens is 409 g/mol. The first-order valence-corrected chi connectivity index (χ1v) is 11.1. The average Bonchev–Trinajstić information content (AvgIpc) is 2.70. The van der Waals surface area contributed by atoms with Crippen LogP contribution in [0.15, 0.2) is 47.4 Å². The Morgan fingerprint density at radius 2 is 1.93 bits per heavy atom. The van der Waals surface area contributed by atoms with Gasteiger partial charge in [-0.15, -0.1) is 0 Å². The predicted octanol–water partition coefficient (Wildman–Crippen LogP) is 2.23. The van der Waals surface area contributed by atoms with E-state index in [1.807, 2.05) is 0 Å². The van der Waals surface area contributed by atoms with E-state index in [2.05, 4.69) is 5.32 Å². The van der Waals surface area contributed by atoms with Crippen LogP contribution in [-0.2, 0) is 26.1 Å². The number of hydrogen-bond donors (Lipinski definition) is 1. The summed E-state index contributed by atoms with van der Waals surface area (Å²) in [5, 5.41) is 2.79. The molecule has 1 heterocycles. The van der Waals surface area contributed by atoms with Crippen LogP contribution in [0.25, 0.3) is 0 Å². The minimum absolute atomic E-state index is 0.0798. The van der Waals surface area contributed by atoms with Crippen LogP contribution in [0, 0.1) is 12.7 Å². The van der Waals surface area contributed by atoms with Gasteiger partial charge < -0.3 is 10.1 Å². The molecule has 0 saturated carbocycles. The number of benzene rings is 2. The molecule has 2 aromatic rings. The Bertz CT molecular complexity index is 1010. The zero-order valence-electron chi connectivity index (χ0n) is 17.1. The number of sulfonamides is 1. The number of amides is 1. The van der Waals surface area contributed by atoms with Crippen LogP contribution in [0.4, 0.5) is 10.1 Å². The zero-order valence-corrected chi connectivity index (χ0v) is 17.9. The van der Waals surface area contributed by atoms with Crippen molar-refractivity contribution >= 4 is 21.6 Å². The van der Waals surface area contributed by atoms with E-state index >= 15 is 0 Å². The van der Waals surface area contributed by atoms with E-state index < -0.39 is 10.0 Å². The molecule has 7 nitrogen and oxygen atoms in total. The van der Waals surface area contributed by atoms with Crippen LogP contribution in [0.5, 0.6) is 0 Å². The van der Waals surface area contributed by atoms with Crippen LogP contribution >= 0.6 is 0 Å². The maximum Gasteiger partial charge on any atom is 0.243 e. The second-order valence-corrected chi connectivity index (χ2v) is 9.28. The summed E-state index contributed by atoms with van der Waals surface area (Å²) in [7, 11) is -1.89. The number of carbonyl (C=O) groups is 1. The number of ether oxygens (including phenoxy) is 1. The highest BCUT2D eigenvalue weighted by molar-refractivity contribution is 7.89. The highest BCUT2D eigenvalue weighted by Crippen LogP contribution is 2.23. The second-order valence-electron chi connectivity index (χ2n) is 7.34. The number of nitrogens with zero attached hydrogens (tertiary/aromatic N) is 2. The highest BCUT2D eigenvalue weighted by atomic mass is 32.2. The number of anilines is 1. The van der Waals surface area contributed by atoms with Crippen molar-refractivity contribution in [3.8, 4) is 0 Å². The van der Waals surface area contributed by atoms with Gasteiger partial charge in [0, 0.05) is 25.3 Å². The fraction of sp³-hybridized carbons (Fsp3) is 0.381. The second kappa shape index (κ2) is 9.65. The number of nitrogens with one attached hydrogen (secondary N) is 1. The first-order chi connectivity index (χ1) is 14.3. The molecule has 0 radical (unpaired) electrons. The number of aryl methyl sites for hydroxylation is 1. The molecule has 1 amide bonds. The lowest BCUT2D eigenvalue weighted by molar-refractivity contribution is -0.117. The van der Waals surface area contributed by atoms with Crippen LogP contribution in [0.2, 0.25) is 0 Å². The molecule has 1 aliphatic rings. The SMILES string of the molecule is Cc1ccc(S(=O)(=O)N2CCOCC2)cc1NC(=O)CN(C)Cc1cccc(F)c1. The molecule has 162 valence electrons. The zero-order chi connectivity index (χ0) is 21.7. The lowest BCUT2D eigenvalue weighted by Crippen LogP contribution is -2.40. The maximum absolute atomic E-state index is 13.3. The largest absolute Gasteiger partial charge is 0.379 e. The maximum atomic E-state index is 13.3. The fourth-order valence-electron chi connectivity index (χ4n) is 3.27. The van der Waals surface area contributed by atoms with Crippen molar-refractivity contribution in [2.75, 3.05) is 45.2 Å². The molecule has 1 fully saturated rings. The van der Waals surface area contributed by atoms with Gasteiger partial charge in [0.05, 0.1) is 24.7 Å². The Hall–Kier alpha value is -2.33. The normalized spacial score (nSPS) is 15.3. The molecule has 0 aromatic heterocycles. The van der Waals surface area contributed by atoms with Gasteiger partial charge in [-0.05, 0) is 49.4 Å². The third-order valence-corrected chi connectivity index (χ3v) is 6.74. The van der Waals surface area contributed by atoms with Gasteiger partial charge in [-0.1, -0.05) is 18.2 Å². The molecule has 0 unspecified atom stereocenters. The lowest BCUT2D eigenvalue weighted by atomic mass is 10.2. The van der Waals surface area contributed by atoms with Crippen LogP contribution in [0.3, 0.4) is 0 Å². The number of rotatable bonds is 7. The van der Waals surface area contributed by atoms with E-state index in [0.717, 1.165) is 11.1 Å². The van der Waals surface area contributed by atoms with Gasteiger partial charge in [-0.25, -0.2) is 12.8 Å².